The van der Waals surface area contributed by atoms with Crippen molar-refractivity contribution in [2.45, 2.75) is 6.92 Å². The Hall–Kier alpha value is -1.71. The molecular formula is C12H9BrN4S. The van der Waals surface area contributed by atoms with Crippen LogP contribution in [0.5, 0.6) is 0 Å². The Bertz CT molecular complexity index is 627. The van der Waals surface area contributed by atoms with E-state index in [0.29, 0.717) is 5.56 Å². The van der Waals surface area contributed by atoms with Gasteiger partial charge in [-0.1, -0.05) is 12.1 Å². The quantitative estimate of drug-likeness (QED) is 0.695. The van der Waals surface area contributed by atoms with Crippen molar-refractivity contribution in [2.75, 3.05) is 5.43 Å². The average molecular weight is 321 g/mol. The van der Waals surface area contributed by atoms with Gasteiger partial charge in [0.2, 0.25) is 5.13 Å². The number of hydrogen-bond donors (Lipinski definition) is 1. The minimum Gasteiger partial charge on any atom is -0.253 e. The zero-order valence-corrected chi connectivity index (χ0v) is 11.9. The van der Waals surface area contributed by atoms with Crippen molar-refractivity contribution in [1.29, 1.82) is 5.26 Å². The van der Waals surface area contributed by atoms with Crippen LogP contribution in [0.1, 0.15) is 16.8 Å². The maximum Gasteiger partial charge on any atom is 0.203 e. The summed E-state index contributed by atoms with van der Waals surface area (Å²) in [4.78, 5) is 4.22. The summed E-state index contributed by atoms with van der Waals surface area (Å²) >= 11 is 4.82. The fraction of sp³-hybridized carbons (Fsp3) is 0.0833. The second-order valence-electron chi connectivity index (χ2n) is 3.48. The van der Waals surface area contributed by atoms with Gasteiger partial charge in [-0.3, -0.25) is 5.43 Å². The molecule has 0 aliphatic heterocycles. The summed E-state index contributed by atoms with van der Waals surface area (Å²) in [6.07, 6.45) is 1.61. The first kappa shape index (κ1) is 12.7. The molecule has 18 heavy (non-hydrogen) atoms. The lowest BCUT2D eigenvalue weighted by molar-refractivity contribution is 1.22. The Morgan fingerprint density at radius 2 is 2.39 bits per heavy atom. The number of nitrogens with one attached hydrogen (secondary N) is 1. The highest BCUT2D eigenvalue weighted by atomic mass is 79.9. The van der Waals surface area contributed by atoms with Crippen LogP contribution in [0.15, 0.2) is 33.2 Å². The molecule has 0 saturated heterocycles. The molecule has 2 rings (SSSR count). The Labute approximate surface area is 117 Å². The van der Waals surface area contributed by atoms with Crippen LogP contribution in [0.2, 0.25) is 0 Å². The number of anilines is 1. The molecule has 0 aliphatic carbocycles. The van der Waals surface area contributed by atoms with E-state index in [1.54, 1.807) is 6.21 Å². The standard InChI is InChI=1S/C12H9BrN4S/c1-8-7-18-12(16-8)17-15-6-9-3-2-4-11(13)10(9)5-14/h2-4,6-7H,1H3,(H,16,17). The smallest absolute Gasteiger partial charge is 0.203 e. The van der Waals surface area contributed by atoms with E-state index in [0.717, 1.165) is 20.9 Å². The maximum absolute atomic E-state index is 9.05. The summed E-state index contributed by atoms with van der Waals surface area (Å²) in [7, 11) is 0. The zero-order chi connectivity index (χ0) is 13.0. The molecule has 1 aromatic carbocycles. The van der Waals surface area contributed by atoms with Crippen LogP contribution < -0.4 is 5.43 Å². The van der Waals surface area contributed by atoms with Crippen molar-refractivity contribution >= 4 is 38.6 Å². The zero-order valence-electron chi connectivity index (χ0n) is 9.51. The van der Waals surface area contributed by atoms with E-state index in [2.05, 4.69) is 37.5 Å². The summed E-state index contributed by atoms with van der Waals surface area (Å²) in [6, 6.07) is 7.66. The van der Waals surface area contributed by atoms with Crippen LogP contribution in [0.3, 0.4) is 0 Å². The van der Waals surface area contributed by atoms with E-state index in [-0.39, 0.29) is 0 Å². The van der Waals surface area contributed by atoms with E-state index < -0.39 is 0 Å². The first-order chi connectivity index (χ1) is 8.70. The molecule has 6 heteroatoms. The summed E-state index contributed by atoms with van der Waals surface area (Å²) < 4.78 is 0.763. The van der Waals surface area contributed by atoms with Crippen molar-refractivity contribution in [3.05, 3.63) is 44.9 Å². The number of aryl methyl sites for hydroxylation is 1. The SMILES string of the molecule is Cc1csc(NN=Cc2cccc(Br)c2C#N)n1. The normalized spacial score (nSPS) is 10.5. The van der Waals surface area contributed by atoms with E-state index in [9.17, 15) is 0 Å². The van der Waals surface area contributed by atoms with Gasteiger partial charge in [0.25, 0.3) is 0 Å². The Balaban J connectivity index is 2.15. The van der Waals surface area contributed by atoms with Crippen LogP contribution in [0.4, 0.5) is 5.13 Å². The Morgan fingerprint density at radius 1 is 1.56 bits per heavy atom. The van der Waals surface area contributed by atoms with Gasteiger partial charge in [0, 0.05) is 15.4 Å². The fourth-order valence-corrected chi connectivity index (χ4v) is 2.44. The molecule has 0 spiro atoms. The minimum atomic E-state index is 0.568. The third-order valence-electron chi connectivity index (χ3n) is 2.14. The van der Waals surface area contributed by atoms with Gasteiger partial charge in [0.1, 0.15) is 6.07 Å². The lowest BCUT2D eigenvalue weighted by atomic mass is 10.1. The van der Waals surface area contributed by atoms with E-state index >= 15 is 0 Å². The van der Waals surface area contributed by atoms with Crippen LogP contribution in [-0.4, -0.2) is 11.2 Å². The molecule has 0 atom stereocenters. The average Bonchev–Trinajstić information content (AvgIpc) is 2.75. The molecule has 4 nitrogen and oxygen atoms in total. The highest BCUT2D eigenvalue weighted by molar-refractivity contribution is 9.10. The van der Waals surface area contributed by atoms with Gasteiger partial charge in [0.15, 0.2) is 0 Å². The Morgan fingerprint density at radius 3 is 3.06 bits per heavy atom. The lowest BCUT2D eigenvalue weighted by Gasteiger charge is -1.99. The largest absolute Gasteiger partial charge is 0.253 e. The third kappa shape index (κ3) is 2.94. The van der Waals surface area contributed by atoms with Crippen molar-refractivity contribution in [3.63, 3.8) is 0 Å². The highest BCUT2D eigenvalue weighted by Gasteiger charge is 2.03. The van der Waals surface area contributed by atoms with Gasteiger partial charge in [-0.2, -0.15) is 10.4 Å². The van der Waals surface area contributed by atoms with E-state index in [1.807, 2.05) is 30.5 Å². The minimum absolute atomic E-state index is 0.568. The lowest BCUT2D eigenvalue weighted by Crippen LogP contribution is -1.93. The van der Waals surface area contributed by atoms with Crippen LogP contribution in [-0.2, 0) is 0 Å². The van der Waals surface area contributed by atoms with Gasteiger partial charge in [-0.05, 0) is 28.9 Å². The van der Waals surface area contributed by atoms with Crippen LogP contribution in [0, 0.1) is 18.3 Å². The molecule has 90 valence electrons. The molecule has 0 radical (unpaired) electrons. The second-order valence-corrected chi connectivity index (χ2v) is 5.19. The predicted molar refractivity (Wildman–Crippen MR) is 76.9 cm³/mol. The first-order valence-electron chi connectivity index (χ1n) is 5.10. The number of nitriles is 1. The molecule has 0 saturated carbocycles. The first-order valence-corrected chi connectivity index (χ1v) is 6.78. The highest BCUT2D eigenvalue weighted by Crippen LogP contribution is 2.18. The molecule has 0 aliphatic rings. The molecule has 2 aromatic rings. The van der Waals surface area contributed by atoms with Gasteiger partial charge < -0.3 is 0 Å². The number of hydrogen-bond acceptors (Lipinski definition) is 5. The Kier molecular flexibility index (Phi) is 4.07. The van der Waals surface area contributed by atoms with Crippen LogP contribution in [0.25, 0.3) is 0 Å². The van der Waals surface area contributed by atoms with Gasteiger partial charge in [-0.25, -0.2) is 4.98 Å². The summed E-state index contributed by atoms with van der Waals surface area (Å²) in [5.41, 5.74) is 5.12. The molecule has 0 amide bonds. The number of rotatable bonds is 3. The van der Waals surface area contributed by atoms with Crippen molar-refractivity contribution in [3.8, 4) is 6.07 Å². The second kappa shape index (κ2) is 5.76. The molecule has 0 fully saturated rings. The molecule has 0 unspecified atom stereocenters. The van der Waals surface area contributed by atoms with Gasteiger partial charge in [0.05, 0.1) is 17.5 Å². The van der Waals surface area contributed by atoms with Crippen molar-refractivity contribution in [1.82, 2.24) is 4.98 Å². The molecule has 1 heterocycles. The maximum atomic E-state index is 9.05. The number of aromatic nitrogens is 1. The van der Waals surface area contributed by atoms with Crippen LogP contribution >= 0.6 is 27.3 Å². The molecule has 0 bridgehead atoms. The van der Waals surface area contributed by atoms with E-state index in [4.69, 9.17) is 5.26 Å². The van der Waals surface area contributed by atoms with Crippen molar-refractivity contribution < 1.29 is 0 Å². The summed E-state index contributed by atoms with van der Waals surface area (Å²) in [5, 5.41) is 15.8. The van der Waals surface area contributed by atoms with Gasteiger partial charge >= 0.3 is 0 Å². The number of nitrogens with zero attached hydrogens (tertiary/aromatic N) is 3. The topological polar surface area (TPSA) is 61.1 Å². The third-order valence-corrected chi connectivity index (χ3v) is 3.67. The number of hydrazone groups is 1. The number of benzene rings is 1. The van der Waals surface area contributed by atoms with Gasteiger partial charge in [-0.15, -0.1) is 11.3 Å². The monoisotopic (exact) mass is 320 g/mol. The molecule has 1 N–H and O–H groups in total. The summed E-state index contributed by atoms with van der Waals surface area (Å²) in [6.45, 7) is 1.92. The summed E-state index contributed by atoms with van der Waals surface area (Å²) in [5.74, 6) is 0. The molecular weight excluding hydrogens is 312 g/mol. The molecule has 1 aromatic heterocycles. The van der Waals surface area contributed by atoms with Crippen molar-refractivity contribution in [2.24, 2.45) is 5.10 Å². The number of halogens is 1. The fourth-order valence-electron chi connectivity index (χ4n) is 1.33. The van der Waals surface area contributed by atoms with E-state index in [1.165, 1.54) is 11.3 Å². The predicted octanol–water partition coefficient (Wildman–Crippen LogP) is 3.53. The number of thiazole rings is 1.